The van der Waals surface area contributed by atoms with E-state index in [1.807, 2.05) is 18.2 Å². The minimum absolute atomic E-state index is 0.147. The summed E-state index contributed by atoms with van der Waals surface area (Å²) < 4.78 is 10.4. The van der Waals surface area contributed by atoms with Gasteiger partial charge in [-0.3, -0.25) is 4.90 Å². The van der Waals surface area contributed by atoms with Gasteiger partial charge in [0.05, 0.1) is 43.2 Å². The number of fused-ring (bicyclic) bond motifs is 2. The maximum Gasteiger partial charge on any atom is 0.239 e. The number of hydrogen-bond acceptors (Lipinski definition) is 8. The second-order valence-corrected chi connectivity index (χ2v) is 11.2. The zero-order valence-electron chi connectivity index (χ0n) is 22.8. The van der Waals surface area contributed by atoms with Crippen molar-refractivity contribution in [1.29, 1.82) is 0 Å². The third-order valence-electron chi connectivity index (χ3n) is 7.15. The summed E-state index contributed by atoms with van der Waals surface area (Å²) >= 11 is 1.59. The van der Waals surface area contributed by atoms with E-state index in [9.17, 15) is 5.11 Å². The second-order valence-electron chi connectivity index (χ2n) is 10.3. The van der Waals surface area contributed by atoms with Crippen LogP contribution in [0.4, 0.5) is 17.3 Å². The van der Waals surface area contributed by atoms with Crippen molar-refractivity contribution < 1.29 is 13.8 Å². The number of unbranched alkanes of at least 4 members (excludes halogenated alkanes) is 2. The number of hydrogen-bond donors (Lipinski definition) is 3. The zero-order valence-corrected chi connectivity index (χ0v) is 23.6. The Bertz CT molecular complexity index is 1430. The Balaban J connectivity index is 1.60. The fourth-order valence-electron chi connectivity index (χ4n) is 5.29. The van der Waals surface area contributed by atoms with Crippen molar-refractivity contribution in [2.24, 2.45) is 15.9 Å². The van der Waals surface area contributed by atoms with Gasteiger partial charge in [-0.1, -0.05) is 38.3 Å². The molecule has 39 heavy (non-hydrogen) atoms. The molecule has 1 saturated heterocycles. The number of anilines is 2. The summed E-state index contributed by atoms with van der Waals surface area (Å²) in [6.07, 6.45) is 4.81. The SMILES string of the molecule is CCCCCC(O)C(C=Nc1ccc2c(-c3ccc(N)cc3)c3ccc(N4CC(C)OC(C)C4)[n+]-3sn12)=NN. The third kappa shape index (κ3) is 5.63. The number of morpholine rings is 1. The monoisotopic (exact) mass is 548 g/mol. The van der Waals surface area contributed by atoms with Crippen LogP contribution in [0.1, 0.15) is 46.5 Å². The molecule has 4 heterocycles. The number of aliphatic imine (C=N–C) groups is 1. The molecule has 3 aliphatic heterocycles. The quantitative estimate of drug-likeness (QED) is 0.0709. The van der Waals surface area contributed by atoms with Crippen LogP contribution in [-0.2, 0) is 4.74 Å². The average Bonchev–Trinajstić information content (AvgIpc) is 3.52. The predicted octanol–water partition coefficient (Wildman–Crippen LogP) is 4.54. The molecular formula is C29H38N7O2S+. The molecule has 206 valence electrons. The summed E-state index contributed by atoms with van der Waals surface area (Å²) in [5.41, 5.74) is 11.4. The smallest absolute Gasteiger partial charge is 0.239 e. The summed E-state index contributed by atoms with van der Waals surface area (Å²) in [7, 11) is 0. The van der Waals surface area contributed by atoms with E-state index in [-0.39, 0.29) is 12.2 Å². The molecule has 1 aromatic carbocycles. The highest BCUT2D eigenvalue weighted by molar-refractivity contribution is 6.96. The minimum atomic E-state index is -0.737. The van der Waals surface area contributed by atoms with Gasteiger partial charge < -0.3 is 21.4 Å². The first-order chi connectivity index (χ1) is 18.9. The van der Waals surface area contributed by atoms with Crippen LogP contribution in [0, 0.1) is 0 Å². The number of benzene rings is 1. The van der Waals surface area contributed by atoms with Gasteiger partial charge in [0, 0.05) is 17.8 Å². The van der Waals surface area contributed by atoms with Gasteiger partial charge in [-0.15, -0.1) is 3.96 Å². The van der Waals surface area contributed by atoms with E-state index in [1.165, 1.54) is 0 Å². The van der Waals surface area contributed by atoms with Crippen LogP contribution in [-0.4, -0.2) is 52.2 Å². The van der Waals surface area contributed by atoms with Crippen LogP contribution < -0.4 is 20.4 Å². The van der Waals surface area contributed by atoms with E-state index in [0.29, 0.717) is 12.1 Å². The second kappa shape index (κ2) is 11.7. The first kappa shape index (κ1) is 27.1. The van der Waals surface area contributed by atoms with E-state index >= 15 is 0 Å². The zero-order chi connectivity index (χ0) is 27.5. The number of ether oxygens (including phenoxy) is 1. The lowest BCUT2D eigenvalue weighted by Gasteiger charge is -2.32. The van der Waals surface area contributed by atoms with Crippen LogP contribution in [0.25, 0.3) is 22.3 Å². The van der Waals surface area contributed by atoms with Gasteiger partial charge in [-0.2, -0.15) is 8.89 Å². The Hall–Kier alpha value is -3.47. The van der Waals surface area contributed by atoms with Gasteiger partial charge in [0.1, 0.15) is 16.9 Å². The molecule has 0 aliphatic carbocycles. The van der Waals surface area contributed by atoms with Crippen molar-refractivity contribution in [3.8, 4) is 16.8 Å². The van der Waals surface area contributed by atoms with Gasteiger partial charge in [0.25, 0.3) is 0 Å². The van der Waals surface area contributed by atoms with Gasteiger partial charge in [0.15, 0.2) is 11.7 Å². The number of nitrogen functional groups attached to an aromatic ring is 1. The van der Waals surface area contributed by atoms with Crippen molar-refractivity contribution in [3.63, 3.8) is 0 Å². The van der Waals surface area contributed by atoms with Crippen LogP contribution in [0.5, 0.6) is 0 Å². The molecule has 0 saturated carbocycles. The maximum absolute atomic E-state index is 10.6. The summed E-state index contributed by atoms with van der Waals surface area (Å²) in [5.74, 6) is 7.49. The molecule has 1 aromatic heterocycles. The first-order valence-corrected chi connectivity index (χ1v) is 14.4. The number of aliphatic hydroxyl groups excluding tert-OH is 1. The largest absolute Gasteiger partial charge is 0.399 e. The summed E-state index contributed by atoms with van der Waals surface area (Å²) in [6.45, 7) is 8.01. The van der Waals surface area contributed by atoms with Crippen LogP contribution in [0.2, 0.25) is 0 Å². The van der Waals surface area contributed by atoms with E-state index in [2.05, 4.69) is 68.9 Å². The summed E-state index contributed by atoms with van der Waals surface area (Å²) in [5, 5.41) is 14.4. The highest BCUT2D eigenvalue weighted by Gasteiger charge is 2.33. The third-order valence-corrected chi connectivity index (χ3v) is 8.25. The number of nitrogens with zero attached hydrogens (tertiary/aromatic N) is 5. The number of rotatable bonds is 9. The van der Waals surface area contributed by atoms with E-state index in [0.717, 1.165) is 72.0 Å². The lowest BCUT2D eigenvalue weighted by atomic mass is 10.0. The van der Waals surface area contributed by atoms with E-state index in [1.54, 1.807) is 17.9 Å². The molecule has 3 unspecified atom stereocenters. The van der Waals surface area contributed by atoms with Gasteiger partial charge >= 0.3 is 0 Å². The molecule has 0 bridgehead atoms. The molecule has 2 aromatic rings. The maximum atomic E-state index is 10.6. The molecule has 10 heteroatoms. The molecule has 9 nitrogen and oxygen atoms in total. The van der Waals surface area contributed by atoms with Gasteiger partial charge in [-0.25, -0.2) is 4.99 Å². The Labute approximate surface area is 233 Å². The molecule has 0 amide bonds. The topological polar surface area (TPSA) is 118 Å². The van der Waals surface area contributed by atoms with Crippen molar-refractivity contribution in [1.82, 2.24) is 3.79 Å². The fourth-order valence-corrected chi connectivity index (χ4v) is 6.39. The van der Waals surface area contributed by atoms with Crippen LogP contribution in [0.15, 0.2) is 58.6 Å². The fraction of sp³-hybridized carbons (Fsp3) is 0.414. The highest BCUT2D eigenvalue weighted by atomic mass is 32.1. The number of hydrazone groups is 1. The van der Waals surface area contributed by atoms with Crippen molar-refractivity contribution in [3.05, 3.63) is 48.5 Å². The van der Waals surface area contributed by atoms with Crippen LogP contribution >= 0.6 is 11.7 Å². The first-order valence-electron chi connectivity index (χ1n) is 13.7. The molecule has 3 aliphatic rings. The molecule has 0 spiro atoms. The Kier molecular flexibility index (Phi) is 8.15. The standard InChI is InChI=1S/C29H37N7O2S/c1-4-5-6-7-26(37)23(33-31)16-32-27-14-12-24-29(21-8-10-22(30)11-9-21)25-13-15-28(36(25)39-35(24)27)34-17-19(2)38-20(3)18-34/h8-16,19-20,26,37H,4-7,17-18H2,1-3H3,(H3,30,31,32)/p+1. The Morgan fingerprint density at radius 2 is 1.87 bits per heavy atom. The normalized spacial score (nSPS) is 19.5. The number of aromatic nitrogens is 2. The molecular weight excluding hydrogens is 510 g/mol. The number of aliphatic hydroxyl groups is 1. The van der Waals surface area contributed by atoms with Crippen molar-refractivity contribution in [2.75, 3.05) is 23.7 Å². The summed E-state index contributed by atoms with van der Waals surface area (Å²) in [4.78, 5) is 7.12. The highest BCUT2D eigenvalue weighted by Crippen LogP contribution is 2.36. The predicted molar refractivity (Wildman–Crippen MR) is 160 cm³/mol. The lowest BCUT2D eigenvalue weighted by Crippen LogP contribution is -2.49. The number of nitrogens with two attached hydrogens (primary N) is 2. The molecule has 3 atom stereocenters. The Morgan fingerprint density at radius 1 is 1.13 bits per heavy atom. The average molecular weight is 549 g/mol. The Morgan fingerprint density at radius 3 is 2.56 bits per heavy atom. The van der Waals surface area contributed by atoms with E-state index < -0.39 is 6.10 Å². The van der Waals surface area contributed by atoms with E-state index in [4.69, 9.17) is 21.3 Å². The minimum Gasteiger partial charge on any atom is -0.399 e. The molecule has 1 fully saturated rings. The molecule has 5 N–H and O–H groups in total. The van der Waals surface area contributed by atoms with Crippen LogP contribution in [0.3, 0.4) is 0 Å². The van der Waals surface area contributed by atoms with Crippen molar-refractivity contribution >= 4 is 46.5 Å². The van der Waals surface area contributed by atoms with Gasteiger partial charge in [0.2, 0.25) is 11.6 Å². The molecule has 5 rings (SSSR count). The molecule has 0 radical (unpaired) electrons. The van der Waals surface area contributed by atoms with Crippen molar-refractivity contribution in [2.45, 2.75) is 64.8 Å². The summed E-state index contributed by atoms with van der Waals surface area (Å²) in [6, 6.07) is 16.4. The van der Waals surface area contributed by atoms with Gasteiger partial charge in [-0.05, 0) is 50.1 Å². The lowest BCUT2D eigenvalue weighted by molar-refractivity contribution is -0.505.